The molecule has 0 radical (unpaired) electrons. The van der Waals surface area contributed by atoms with E-state index < -0.39 is 11.7 Å². The van der Waals surface area contributed by atoms with E-state index in [-0.39, 0.29) is 10.4 Å². The van der Waals surface area contributed by atoms with Gasteiger partial charge in [-0.2, -0.15) is 13.2 Å². The lowest BCUT2D eigenvalue weighted by molar-refractivity contribution is -0.0895. The van der Waals surface area contributed by atoms with Crippen LogP contribution in [-0.4, -0.2) is 6.18 Å². The fraction of sp³-hybridized carbons (Fsp3) is 0.300. The summed E-state index contributed by atoms with van der Waals surface area (Å²) in [4.78, 5) is 0. The molecule has 0 saturated heterocycles. The van der Waals surface area contributed by atoms with Crippen LogP contribution in [0.25, 0.3) is 12.2 Å². The molecule has 4 rings (SSSR count). The first kappa shape index (κ1) is 15.9. The van der Waals surface area contributed by atoms with E-state index in [2.05, 4.69) is 41.1 Å². The summed E-state index contributed by atoms with van der Waals surface area (Å²) in [5.74, 6) is 0.175. The first-order chi connectivity index (χ1) is 11.4. The van der Waals surface area contributed by atoms with E-state index in [9.17, 15) is 13.2 Å². The van der Waals surface area contributed by atoms with E-state index in [0.29, 0.717) is 17.9 Å². The number of alkyl halides is 3. The van der Waals surface area contributed by atoms with Gasteiger partial charge in [-0.1, -0.05) is 65.4 Å². The van der Waals surface area contributed by atoms with Gasteiger partial charge in [0, 0.05) is 10.4 Å². The van der Waals surface area contributed by atoms with Gasteiger partial charge in [0.2, 0.25) is 0 Å². The van der Waals surface area contributed by atoms with Gasteiger partial charge in [-0.3, -0.25) is 0 Å². The Balaban J connectivity index is 1.93. The van der Waals surface area contributed by atoms with Crippen molar-refractivity contribution in [3.05, 3.63) is 68.2 Å². The van der Waals surface area contributed by atoms with Gasteiger partial charge in [0.05, 0.1) is 5.57 Å². The summed E-state index contributed by atoms with van der Waals surface area (Å²) < 4.78 is 40.7. The molecule has 3 aliphatic rings. The van der Waals surface area contributed by atoms with Crippen molar-refractivity contribution < 1.29 is 13.2 Å². The van der Waals surface area contributed by atoms with Crippen LogP contribution < -0.4 is 0 Å². The second kappa shape index (κ2) is 5.48. The summed E-state index contributed by atoms with van der Waals surface area (Å²) in [5, 5.41) is 0. The first-order valence-corrected chi connectivity index (χ1v) is 8.86. The molecule has 0 aromatic heterocycles. The number of fused-ring (bicyclic) bond motifs is 5. The summed E-state index contributed by atoms with van der Waals surface area (Å²) in [6.45, 7) is 2.18. The molecule has 2 atom stereocenters. The van der Waals surface area contributed by atoms with Crippen LogP contribution in [0.3, 0.4) is 0 Å². The number of hydrogen-bond acceptors (Lipinski definition) is 0. The van der Waals surface area contributed by atoms with Crippen molar-refractivity contribution in [2.45, 2.75) is 37.8 Å². The second-order valence-electron chi connectivity index (χ2n) is 6.61. The van der Waals surface area contributed by atoms with Crippen molar-refractivity contribution in [2.75, 3.05) is 0 Å². The normalized spacial score (nSPS) is 25.1. The van der Waals surface area contributed by atoms with Crippen LogP contribution in [0.2, 0.25) is 0 Å². The van der Waals surface area contributed by atoms with Crippen LogP contribution in [0.1, 0.15) is 53.9 Å². The number of rotatable bonds is 0. The highest BCUT2D eigenvalue weighted by atomic mass is 79.9. The Bertz CT molecular complexity index is 837. The molecule has 0 nitrogen and oxygen atoms in total. The van der Waals surface area contributed by atoms with Gasteiger partial charge in [0.15, 0.2) is 0 Å². The molecular formula is C20H16BrF3. The molecule has 0 saturated carbocycles. The Morgan fingerprint density at radius 2 is 1.88 bits per heavy atom. The molecule has 0 N–H and O–H groups in total. The molecule has 0 aliphatic heterocycles. The minimum Gasteiger partial charge on any atom is -0.166 e. The molecule has 0 bridgehead atoms. The highest BCUT2D eigenvalue weighted by Crippen LogP contribution is 2.50. The van der Waals surface area contributed by atoms with Gasteiger partial charge in [0.25, 0.3) is 0 Å². The van der Waals surface area contributed by atoms with Crippen molar-refractivity contribution in [2.24, 2.45) is 0 Å². The first-order valence-electron chi connectivity index (χ1n) is 8.06. The predicted molar refractivity (Wildman–Crippen MR) is 95.0 cm³/mol. The third-order valence-electron chi connectivity index (χ3n) is 5.16. The Morgan fingerprint density at radius 3 is 2.62 bits per heavy atom. The maximum atomic E-state index is 13.5. The molecule has 0 fully saturated rings. The van der Waals surface area contributed by atoms with E-state index in [0.717, 1.165) is 17.5 Å². The molecule has 3 aliphatic carbocycles. The molecule has 4 heteroatoms. The monoisotopic (exact) mass is 392 g/mol. The van der Waals surface area contributed by atoms with E-state index in [1.54, 1.807) is 12.2 Å². The van der Waals surface area contributed by atoms with E-state index in [4.69, 9.17) is 0 Å². The van der Waals surface area contributed by atoms with Gasteiger partial charge in [-0.15, -0.1) is 0 Å². The number of allylic oxidation sites excluding steroid dienone is 6. The number of halogens is 4. The fourth-order valence-corrected chi connectivity index (χ4v) is 4.74. The minimum absolute atomic E-state index is 0.156. The highest BCUT2D eigenvalue weighted by Gasteiger charge is 2.42. The summed E-state index contributed by atoms with van der Waals surface area (Å²) in [6, 6.07) is 4.06. The third kappa shape index (κ3) is 2.34. The Morgan fingerprint density at radius 1 is 1.08 bits per heavy atom. The Hall–Kier alpha value is -1.55. The molecule has 2 unspecified atom stereocenters. The zero-order valence-corrected chi connectivity index (χ0v) is 14.7. The Kier molecular flexibility index (Phi) is 3.64. The zero-order valence-electron chi connectivity index (χ0n) is 13.1. The van der Waals surface area contributed by atoms with Crippen LogP contribution in [0.5, 0.6) is 0 Å². The van der Waals surface area contributed by atoms with Crippen molar-refractivity contribution in [3.8, 4) is 0 Å². The fourth-order valence-electron chi connectivity index (χ4n) is 4.10. The van der Waals surface area contributed by atoms with E-state index in [1.807, 2.05) is 12.1 Å². The highest BCUT2D eigenvalue weighted by molar-refractivity contribution is 9.12. The van der Waals surface area contributed by atoms with Crippen LogP contribution in [0.4, 0.5) is 13.2 Å². The van der Waals surface area contributed by atoms with Crippen LogP contribution in [-0.2, 0) is 0 Å². The van der Waals surface area contributed by atoms with Gasteiger partial charge in [0.1, 0.15) is 0 Å². The van der Waals surface area contributed by atoms with Crippen LogP contribution in [0, 0.1) is 0 Å². The van der Waals surface area contributed by atoms with Gasteiger partial charge in [-0.05, 0) is 46.6 Å². The smallest absolute Gasteiger partial charge is 0.166 e. The quantitative estimate of drug-likeness (QED) is 0.452. The van der Waals surface area contributed by atoms with E-state index in [1.165, 1.54) is 11.1 Å². The SMILES string of the molecule is CC1CC=Cc2ccc3c(c21)C=CC1=C(C(F)(F)F)C(Br)=CCC13. The largest absolute Gasteiger partial charge is 0.417 e. The van der Waals surface area contributed by atoms with Crippen LogP contribution >= 0.6 is 15.9 Å². The maximum Gasteiger partial charge on any atom is 0.417 e. The number of benzene rings is 1. The molecular weight excluding hydrogens is 377 g/mol. The molecule has 1 aromatic rings. The molecule has 0 amide bonds. The minimum atomic E-state index is -4.35. The standard InChI is InChI=1S/C20H16BrF3/c1-11-3-2-4-12-5-6-13-14-9-10-17(21)19(20(22,23)24)16(14)8-7-15(13)18(11)12/h2,4-8,10-11,14H,3,9H2,1H3. The van der Waals surface area contributed by atoms with Gasteiger partial charge >= 0.3 is 6.18 Å². The average Bonchev–Trinajstić information content (AvgIpc) is 2.52. The molecule has 24 heavy (non-hydrogen) atoms. The van der Waals surface area contributed by atoms with Crippen molar-refractivity contribution in [1.82, 2.24) is 0 Å². The molecule has 0 heterocycles. The molecule has 124 valence electrons. The predicted octanol–water partition coefficient (Wildman–Crippen LogP) is 6.86. The lowest BCUT2D eigenvalue weighted by Crippen LogP contribution is -2.22. The Labute approximate surface area is 147 Å². The van der Waals surface area contributed by atoms with Gasteiger partial charge < -0.3 is 0 Å². The lowest BCUT2D eigenvalue weighted by Gasteiger charge is -2.33. The summed E-state index contributed by atoms with van der Waals surface area (Å²) >= 11 is 3.10. The summed E-state index contributed by atoms with van der Waals surface area (Å²) in [6.07, 6.45) is 6.72. The topological polar surface area (TPSA) is 0 Å². The van der Waals surface area contributed by atoms with E-state index >= 15 is 0 Å². The number of hydrogen-bond donors (Lipinski definition) is 0. The lowest BCUT2D eigenvalue weighted by atomic mass is 9.72. The second-order valence-corrected chi connectivity index (χ2v) is 7.47. The summed E-state index contributed by atoms with van der Waals surface area (Å²) in [7, 11) is 0. The van der Waals surface area contributed by atoms with Crippen LogP contribution in [0.15, 0.2) is 46.0 Å². The van der Waals surface area contributed by atoms with Crippen molar-refractivity contribution >= 4 is 28.1 Å². The summed E-state index contributed by atoms with van der Waals surface area (Å²) in [5.41, 5.74) is 4.44. The van der Waals surface area contributed by atoms with Crippen molar-refractivity contribution in [3.63, 3.8) is 0 Å². The maximum absolute atomic E-state index is 13.5. The average molecular weight is 393 g/mol. The molecule has 1 aromatic carbocycles. The molecule has 0 spiro atoms. The zero-order chi connectivity index (χ0) is 17.1. The third-order valence-corrected chi connectivity index (χ3v) is 5.88. The van der Waals surface area contributed by atoms with Gasteiger partial charge in [-0.25, -0.2) is 0 Å². The van der Waals surface area contributed by atoms with Crippen molar-refractivity contribution in [1.29, 1.82) is 0 Å².